The Kier molecular flexibility index (Phi) is 5.07. The van der Waals surface area contributed by atoms with Crippen LogP contribution >= 0.6 is 0 Å². The van der Waals surface area contributed by atoms with Crippen LogP contribution in [0.1, 0.15) is 6.42 Å². The van der Waals surface area contributed by atoms with Crippen molar-refractivity contribution >= 4 is 5.78 Å². The summed E-state index contributed by atoms with van der Waals surface area (Å²) in [5.41, 5.74) is 0. The molecule has 0 radical (unpaired) electrons. The van der Waals surface area contributed by atoms with Gasteiger partial charge in [-0.2, -0.15) is 0 Å². The number of rotatable bonds is 4. The first-order valence-corrected chi connectivity index (χ1v) is 5.28. The standard InChI is InChI=1S/C10H21N3O/c1-12(2)5-3-6-13-7-4-11-8-10(14)9-13/h11H,3-9H2,1-2H3. The molecule has 14 heavy (non-hydrogen) atoms. The summed E-state index contributed by atoms with van der Waals surface area (Å²) in [6.45, 7) is 5.24. The summed E-state index contributed by atoms with van der Waals surface area (Å²) < 4.78 is 0. The van der Waals surface area contributed by atoms with Crippen LogP contribution < -0.4 is 5.32 Å². The van der Waals surface area contributed by atoms with Crippen molar-refractivity contribution in [3.05, 3.63) is 0 Å². The monoisotopic (exact) mass is 199 g/mol. The van der Waals surface area contributed by atoms with Crippen LogP contribution in [0.15, 0.2) is 0 Å². The Balaban J connectivity index is 2.18. The highest BCUT2D eigenvalue weighted by molar-refractivity contribution is 5.82. The van der Waals surface area contributed by atoms with E-state index in [0.29, 0.717) is 18.9 Å². The van der Waals surface area contributed by atoms with Crippen LogP contribution in [0.5, 0.6) is 0 Å². The molecular formula is C10H21N3O. The fourth-order valence-corrected chi connectivity index (χ4v) is 1.65. The highest BCUT2D eigenvalue weighted by Crippen LogP contribution is 1.95. The third-order valence-electron chi connectivity index (χ3n) is 2.41. The molecule has 1 aliphatic rings. The third kappa shape index (κ3) is 4.69. The van der Waals surface area contributed by atoms with Crippen molar-refractivity contribution in [3.8, 4) is 0 Å². The van der Waals surface area contributed by atoms with E-state index in [1.165, 1.54) is 0 Å². The zero-order valence-corrected chi connectivity index (χ0v) is 9.25. The number of ketones is 1. The van der Waals surface area contributed by atoms with Crippen LogP contribution in [0.4, 0.5) is 0 Å². The molecule has 1 fully saturated rings. The summed E-state index contributed by atoms with van der Waals surface area (Å²) in [5.74, 6) is 0.312. The predicted octanol–water partition coefficient (Wildman–Crippen LogP) is -0.588. The quantitative estimate of drug-likeness (QED) is 0.656. The van der Waals surface area contributed by atoms with Gasteiger partial charge in [-0.1, -0.05) is 0 Å². The van der Waals surface area contributed by atoms with Crippen molar-refractivity contribution in [2.24, 2.45) is 0 Å². The Morgan fingerprint density at radius 1 is 1.50 bits per heavy atom. The fraction of sp³-hybridized carbons (Fsp3) is 0.900. The van der Waals surface area contributed by atoms with Gasteiger partial charge in [0.25, 0.3) is 0 Å². The van der Waals surface area contributed by atoms with E-state index in [-0.39, 0.29) is 0 Å². The number of carbonyl (C=O) groups is 1. The van der Waals surface area contributed by atoms with Gasteiger partial charge in [0.15, 0.2) is 5.78 Å². The molecule has 1 heterocycles. The lowest BCUT2D eigenvalue weighted by molar-refractivity contribution is -0.118. The molecule has 0 aromatic carbocycles. The minimum atomic E-state index is 0.312. The Morgan fingerprint density at radius 2 is 2.29 bits per heavy atom. The van der Waals surface area contributed by atoms with E-state index in [1.807, 2.05) is 0 Å². The molecule has 4 nitrogen and oxygen atoms in total. The molecule has 82 valence electrons. The van der Waals surface area contributed by atoms with Gasteiger partial charge in [-0.3, -0.25) is 9.69 Å². The Morgan fingerprint density at radius 3 is 3.00 bits per heavy atom. The Labute approximate surface area is 86.2 Å². The average Bonchev–Trinajstić information content (AvgIpc) is 2.29. The molecule has 0 bridgehead atoms. The molecule has 0 aliphatic carbocycles. The second kappa shape index (κ2) is 6.11. The smallest absolute Gasteiger partial charge is 0.160 e. The van der Waals surface area contributed by atoms with E-state index in [1.54, 1.807) is 0 Å². The molecule has 0 unspecified atom stereocenters. The molecule has 1 rings (SSSR count). The van der Waals surface area contributed by atoms with Crippen molar-refractivity contribution in [2.75, 3.05) is 53.4 Å². The largest absolute Gasteiger partial charge is 0.309 e. The molecule has 1 aliphatic heterocycles. The highest BCUT2D eigenvalue weighted by atomic mass is 16.1. The molecule has 0 spiro atoms. The molecule has 0 aromatic rings. The molecule has 1 saturated heterocycles. The third-order valence-corrected chi connectivity index (χ3v) is 2.41. The van der Waals surface area contributed by atoms with E-state index in [2.05, 4.69) is 29.2 Å². The SMILES string of the molecule is CN(C)CCCN1CCNCC(=O)C1. The Hall–Kier alpha value is -0.450. The number of Topliss-reactive ketones (excluding diaryl/α,β-unsaturated/α-hetero) is 1. The molecular weight excluding hydrogens is 178 g/mol. The van der Waals surface area contributed by atoms with Gasteiger partial charge in [0.05, 0.1) is 13.1 Å². The van der Waals surface area contributed by atoms with Crippen LogP contribution in [0, 0.1) is 0 Å². The van der Waals surface area contributed by atoms with Crippen LogP contribution in [0.3, 0.4) is 0 Å². The number of carbonyl (C=O) groups excluding carboxylic acids is 1. The minimum absolute atomic E-state index is 0.312. The molecule has 4 heteroatoms. The lowest BCUT2D eigenvalue weighted by Gasteiger charge is -2.19. The maximum Gasteiger partial charge on any atom is 0.160 e. The Bertz CT molecular complexity index is 182. The van der Waals surface area contributed by atoms with Crippen molar-refractivity contribution in [3.63, 3.8) is 0 Å². The second-order valence-electron chi connectivity index (χ2n) is 4.15. The normalized spacial score (nSPS) is 20.1. The van der Waals surface area contributed by atoms with Crippen LogP contribution in [0.2, 0.25) is 0 Å². The van der Waals surface area contributed by atoms with Crippen molar-refractivity contribution in [1.29, 1.82) is 0 Å². The summed E-state index contributed by atoms with van der Waals surface area (Å²) in [6.07, 6.45) is 1.14. The summed E-state index contributed by atoms with van der Waals surface area (Å²) >= 11 is 0. The van der Waals surface area contributed by atoms with Gasteiger partial charge < -0.3 is 10.2 Å². The first-order chi connectivity index (χ1) is 6.68. The fourth-order valence-electron chi connectivity index (χ4n) is 1.65. The van der Waals surface area contributed by atoms with Gasteiger partial charge in [-0.25, -0.2) is 0 Å². The van der Waals surface area contributed by atoms with E-state index in [4.69, 9.17) is 0 Å². The van der Waals surface area contributed by atoms with Crippen molar-refractivity contribution in [1.82, 2.24) is 15.1 Å². The van der Waals surface area contributed by atoms with Crippen LogP contribution in [-0.2, 0) is 4.79 Å². The topological polar surface area (TPSA) is 35.6 Å². The number of hydrogen-bond donors (Lipinski definition) is 1. The molecule has 1 N–H and O–H groups in total. The van der Waals surface area contributed by atoms with Gasteiger partial charge in [0, 0.05) is 13.1 Å². The molecule has 0 amide bonds. The molecule has 0 saturated carbocycles. The summed E-state index contributed by atoms with van der Waals surface area (Å²) in [6, 6.07) is 0. The van der Waals surface area contributed by atoms with E-state index < -0.39 is 0 Å². The predicted molar refractivity (Wildman–Crippen MR) is 57.5 cm³/mol. The van der Waals surface area contributed by atoms with E-state index in [9.17, 15) is 4.79 Å². The van der Waals surface area contributed by atoms with Gasteiger partial charge in [0.2, 0.25) is 0 Å². The van der Waals surface area contributed by atoms with Gasteiger partial charge in [0.1, 0.15) is 0 Å². The lowest BCUT2D eigenvalue weighted by atomic mass is 10.3. The van der Waals surface area contributed by atoms with Crippen molar-refractivity contribution < 1.29 is 4.79 Å². The lowest BCUT2D eigenvalue weighted by Crippen LogP contribution is -2.32. The van der Waals surface area contributed by atoms with Crippen LogP contribution in [-0.4, -0.2) is 68.9 Å². The van der Waals surface area contributed by atoms with E-state index in [0.717, 1.165) is 32.6 Å². The van der Waals surface area contributed by atoms with Crippen molar-refractivity contribution in [2.45, 2.75) is 6.42 Å². The first-order valence-electron chi connectivity index (χ1n) is 5.28. The van der Waals surface area contributed by atoms with Crippen LogP contribution in [0.25, 0.3) is 0 Å². The first kappa shape index (κ1) is 11.6. The number of nitrogens with zero attached hydrogens (tertiary/aromatic N) is 2. The minimum Gasteiger partial charge on any atom is -0.309 e. The molecule has 0 aromatic heterocycles. The second-order valence-corrected chi connectivity index (χ2v) is 4.15. The van der Waals surface area contributed by atoms with Gasteiger partial charge in [-0.05, 0) is 33.6 Å². The summed E-state index contributed by atoms with van der Waals surface area (Å²) in [7, 11) is 4.16. The summed E-state index contributed by atoms with van der Waals surface area (Å²) in [4.78, 5) is 15.7. The highest BCUT2D eigenvalue weighted by Gasteiger charge is 2.13. The van der Waals surface area contributed by atoms with E-state index >= 15 is 0 Å². The van der Waals surface area contributed by atoms with Gasteiger partial charge in [-0.15, -0.1) is 0 Å². The number of hydrogen-bond acceptors (Lipinski definition) is 4. The average molecular weight is 199 g/mol. The maximum absolute atomic E-state index is 11.3. The van der Waals surface area contributed by atoms with Gasteiger partial charge >= 0.3 is 0 Å². The maximum atomic E-state index is 11.3. The molecule has 0 atom stereocenters. The zero-order valence-electron chi connectivity index (χ0n) is 9.25. The number of nitrogens with one attached hydrogen (secondary N) is 1. The zero-order chi connectivity index (χ0) is 10.4. The summed E-state index contributed by atoms with van der Waals surface area (Å²) in [5, 5.41) is 3.12.